The number of hydrogen-bond donors (Lipinski definition) is 0. The van der Waals surface area contributed by atoms with Crippen molar-refractivity contribution in [2.75, 3.05) is 0 Å². The van der Waals surface area contributed by atoms with Gasteiger partial charge in [-0.05, 0) is 34.4 Å². The molecule has 0 aliphatic rings. The fraction of sp³-hybridized carbons (Fsp3) is 0.118. The SMILES string of the molecule is CCc1nc2c(ccc3ccc4cc(Cl)ccc4c32)o1. The highest BCUT2D eigenvalue weighted by Gasteiger charge is 2.11. The lowest BCUT2D eigenvalue weighted by Gasteiger charge is -2.04. The van der Waals surface area contributed by atoms with Gasteiger partial charge in [0.1, 0.15) is 5.52 Å². The van der Waals surface area contributed by atoms with Gasteiger partial charge in [0.25, 0.3) is 0 Å². The molecule has 3 heteroatoms. The predicted octanol–water partition coefficient (Wildman–Crippen LogP) is 5.35. The van der Waals surface area contributed by atoms with Gasteiger partial charge in [-0.1, -0.05) is 42.8 Å². The van der Waals surface area contributed by atoms with Gasteiger partial charge in [0, 0.05) is 16.8 Å². The van der Waals surface area contributed by atoms with Crippen LogP contribution in [0.25, 0.3) is 32.6 Å². The van der Waals surface area contributed by atoms with Crippen molar-refractivity contribution in [1.29, 1.82) is 0 Å². The second-order valence-electron chi connectivity index (χ2n) is 4.90. The fourth-order valence-electron chi connectivity index (χ4n) is 2.71. The Hall–Kier alpha value is -2.06. The Labute approximate surface area is 121 Å². The summed E-state index contributed by atoms with van der Waals surface area (Å²) in [6.45, 7) is 2.05. The van der Waals surface area contributed by atoms with Gasteiger partial charge in [-0.15, -0.1) is 0 Å². The van der Waals surface area contributed by atoms with Crippen LogP contribution in [0.4, 0.5) is 0 Å². The van der Waals surface area contributed by atoms with E-state index in [9.17, 15) is 0 Å². The molecular weight excluding hydrogens is 270 g/mol. The van der Waals surface area contributed by atoms with Crippen LogP contribution in [0.1, 0.15) is 12.8 Å². The van der Waals surface area contributed by atoms with E-state index < -0.39 is 0 Å². The van der Waals surface area contributed by atoms with E-state index >= 15 is 0 Å². The average molecular weight is 282 g/mol. The summed E-state index contributed by atoms with van der Waals surface area (Å²) in [7, 11) is 0. The Morgan fingerprint density at radius 3 is 2.70 bits per heavy atom. The molecule has 4 aromatic rings. The first kappa shape index (κ1) is 11.7. The van der Waals surface area contributed by atoms with Crippen LogP contribution in [0.5, 0.6) is 0 Å². The van der Waals surface area contributed by atoms with Crippen LogP contribution in [-0.2, 0) is 6.42 Å². The third-order valence-corrected chi connectivity index (χ3v) is 3.90. The summed E-state index contributed by atoms with van der Waals surface area (Å²) in [4.78, 5) is 4.63. The minimum Gasteiger partial charge on any atom is -0.441 e. The minimum atomic E-state index is 0.749. The van der Waals surface area contributed by atoms with Gasteiger partial charge in [0.15, 0.2) is 11.5 Å². The van der Waals surface area contributed by atoms with Gasteiger partial charge in [0.05, 0.1) is 0 Å². The maximum Gasteiger partial charge on any atom is 0.195 e. The number of aromatic nitrogens is 1. The molecule has 0 saturated heterocycles. The molecule has 3 aromatic carbocycles. The molecule has 0 aliphatic heterocycles. The standard InChI is InChI=1S/C17H12ClNO/c1-2-15-19-17-14(20-15)8-5-10-3-4-11-9-12(18)6-7-13(11)16(10)17/h3-9H,2H2,1H3. The summed E-state index contributed by atoms with van der Waals surface area (Å²) in [6, 6.07) is 14.2. The molecule has 0 amide bonds. The van der Waals surface area contributed by atoms with Crippen LogP contribution in [0, 0.1) is 0 Å². The number of nitrogens with zero attached hydrogens (tertiary/aromatic N) is 1. The normalized spacial score (nSPS) is 11.7. The molecule has 1 aromatic heterocycles. The van der Waals surface area contributed by atoms with Crippen LogP contribution in [0.2, 0.25) is 5.02 Å². The smallest absolute Gasteiger partial charge is 0.195 e. The highest BCUT2D eigenvalue weighted by molar-refractivity contribution is 6.32. The van der Waals surface area contributed by atoms with Gasteiger partial charge >= 0.3 is 0 Å². The van der Waals surface area contributed by atoms with Crippen molar-refractivity contribution in [2.45, 2.75) is 13.3 Å². The van der Waals surface area contributed by atoms with E-state index in [1.165, 1.54) is 5.39 Å². The molecular formula is C17H12ClNO. The van der Waals surface area contributed by atoms with Crippen molar-refractivity contribution in [3.63, 3.8) is 0 Å². The van der Waals surface area contributed by atoms with Crippen LogP contribution >= 0.6 is 11.6 Å². The lowest BCUT2D eigenvalue weighted by molar-refractivity contribution is 0.538. The summed E-state index contributed by atoms with van der Waals surface area (Å²) in [5.74, 6) is 0.776. The maximum atomic E-state index is 6.08. The minimum absolute atomic E-state index is 0.749. The lowest BCUT2D eigenvalue weighted by Crippen LogP contribution is -1.81. The van der Waals surface area contributed by atoms with E-state index in [0.29, 0.717) is 0 Å². The van der Waals surface area contributed by atoms with Crippen LogP contribution < -0.4 is 0 Å². The highest BCUT2D eigenvalue weighted by Crippen LogP contribution is 2.33. The molecule has 0 spiro atoms. The summed E-state index contributed by atoms with van der Waals surface area (Å²) in [5, 5.41) is 5.34. The van der Waals surface area contributed by atoms with Gasteiger partial charge in [-0.25, -0.2) is 4.98 Å². The van der Waals surface area contributed by atoms with E-state index in [4.69, 9.17) is 16.0 Å². The Bertz CT molecular complexity index is 955. The van der Waals surface area contributed by atoms with Crippen molar-refractivity contribution < 1.29 is 4.42 Å². The first-order chi connectivity index (χ1) is 9.76. The number of halogens is 1. The summed E-state index contributed by atoms with van der Waals surface area (Å²) in [5.41, 5.74) is 1.78. The fourth-order valence-corrected chi connectivity index (χ4v) is 2.89. The number of rotatable bonds is 1. The van der Waals surface area contributed by atoms with Crippen LogP contribution in [-0.4, -0.2) is 4.98 Å². The molecule has 0 atom stereocenters. The number of benzene rings is 3. The second kappa shape index (κ2) is 4.22. The van der Waals surface area contributed by atoms with Crippen molar-refractivity contribution >= 4 is 44.2 Å². The summed E-state index contributed by atoms with van der Waals surface area (Å²) < 4.78 is 5.76. The van der Waals surface area contributed by atoms with Gasteiger partial charge in [-0.2, -0.15) is 0 Å². The topological polar surface area (TPSA) is 26.0 Å². The monoisotopic (exact) mass is 281 g/mol. The first-order valence-corrected chi connectivity index (χ1v) is 7.04. The largest absolute Gasteiger partial charge is 0.441 e. The highest BCUT2D eigenvalue weighted by atomic mass is 35.5. The molecule has 4 rings (SSSR count). The Morgan fingerprint density at radius 2 is 1.85 bits per heavy atom. The molecule has 0 N–H and O–H groups in total. The van der Waals surface area contributed by atoms with Crippen molar-refractivity contribution in [3.05, 3.63) is 53.4 Å². The molecule has 0 radical (unpaired) electrons. The third kappa shape index (κ3) is 1.61. The molecule has 2 nitrogen and oxygen atoms in total. The zero-order chi connectivity index (χ0) is 13.7. The zero-order valence-electron chi connectivity index (χ0n) is 11.0. The molecule has 0 unspecified atom stereocenters. The third-order valence-electron chi connectivity index (χ3n) is 3.67. The van der Waals surface area contributed by atoms with Gasteiger partial charge < -0.3 is 4.42 Å². The molecule has 98 valence electrons. The molecule has 20 heavy (non-hydrogen) atoms. The molecule has 0 bridgehead atoms. The molecule has 0 aliphatic carbocycles. The Balaban J connectivity index is 2.25. The second-order valence-corrected chi connectivity index (χ2v) is 5.34. The Kier molecular flexibility index (Phi) is 2.48. The van der Waals surface area contributed by atoms with E-state index in [1.54, 1.807) is 0 Å². The number of aryl methyl sites for hydroxylation is 1. The van der Waals surface area contributed by atoms with E-state index in [2.05, 4.69) is 29.2 Å². The van der Waals surface area contributed by atoms with E-state index in [-0.39, 0.29) is 0 Å². The average Bonchev–Trinajstić information content (AvgIpc) is 2.89. The maximum absolute atomic E-state index is 6.08. The zero-order valence-corrected chi connectivity index (χ0v) is 11.7. The van der Waals surface area contributed by atoms with E-state index in [0.717, 1.165) is 44.6 Å². The Morgan fingerprint density at radius 1 is 1.05 bits per heavy atom. The van der Waals surface area contributed by atoms with Gasteiger partial charge in [-0.3, -0.25) is 0 Å². The lowest BCUT2D eigenvalue weighted by atomic mass is 10.0. The van der Waals surface area contributed by atoms with Gasteiger partial charge in [0.2, 0.25) is 0 Å². The van der Waals surface area contributed by atoms with Crippen molar-refractivity contribution in [1.82, 2.24) is 4.98 Å². The first-order valence-electron chi connectivity index (χ1n) is 6.66. The molecule has 0 saturated carbocycles. The number of hydrogen-bond acceptors (Lipinski definition) is 2. The van der Waals surface area contributed by atoms with Crippen LogP contribution in [0.15, 0.2) is 46.9 Å². The number of fused-ring (bicyclic) bond motifs is 5. The summed E-state index contributed by atoms with van der Waals surface area (Å²) >= 11 is 6.08. The van der Waals surface area contributed by atoms with Crippen LogP contribution in [0.3, 0.4) is 0 Å². The van der Waals surface area contributed by atoms with Crippen molar-refractivity contribution in [2.24, 2.45) is 0 Å². The predicted molar refractivity (Wildman–Crippen MR) is 83.4 cm³/mol. The van der Waals surface area contributed by atoms with Crippen molar-refractivity contribution in [3.8, 4) is 0 Å². The van der Waals surface area contributed by atoms with E-state index in [1.807, 2.05) is 25.1 Å². The number of oxazole rings is 1. The summed E-state index contributed by atoms with van der Waals surface area (Å²) in [6.07, 6.45) is 0.798. The quantitative estimate of drug-likeness (QED) is 0.440. The molecule has 0 fully saturated rings. The molecule has 1 heterocycles.